The molecule has 0 spiro atoms. The van der Waals surface area contributed by atoms with Crippen molar-refractivity contribution in [3.8, 4) is 0 Å². The summed E-state index contributed by atoms with van der Waals surface area (Å²) in [5, 5.41) is 7.20. The number of hydrogen-bond donors (Lipinski definition) is 2. The largest absolute Gasteiger partial charge is 0.335 e. The fourth-order valence-corrected chi connectivity index (χ4v) is 3.40. The summed E-state index contributed by atoms with van der Waals surface area (Å²) in [7, 11) is 0. The van der Waals surface area contributed by atoms with E-state index in [9.17, 15) is 9.59 Å². The summed E-state index contributed by atoms with van der Waals surface area (Å²) in [6.07, 6.45) is 0. The molecular formula is C25H20ClN3O2. The van der Waals surface area contributed by atoms with Crippen molar-refractivity contribution in [1.82, 2.24) is 10.3 Å². The number of amides is 2. The van der Waals surface area contributed by atoms with Crippen LogP contribution in [-0.2, 0) is 4.79 Å². The van der Waals surface area contributed by atoms with E-state index < -0.39 is 11.9 Å². The molecular weight excluding hydrogens is 410 g/mol. The average Bonchev–Trinajstić information content (AvgIpc) is 2.79. The van der Waals surface area contributed by atoms with Crippen LogP contribution in [-0.4, -0.2) is 16.8 Å². The normalized spacial score (nSPS) is 11.7. The van der Waals surface area contributed by atoms with Crippen LogP contribution in [0.5, 0.6) is 0 Å². The average molecular weight is 430 g/mol. The van der Waals surface area contributed by atoms with Crippen molar-refractivity contribution in [2.45, 2.75) is 13.0 Å². The van der Waals surface area contributed by atoms with Gasteiger partial charge < -0.3 is 10.6 Å². The van der Waals surface area contributed by atoms with Crippen LogP contribution in [0, 0.1) is 6.92 Å². The standard InChI is InChI=1S/C25H20ClN3O2/c1-16-6-2-4-8-20(16)28-25(31)23(18-10-13-19(26)14-11-18)29-24(30)22-15-12-17-7-3-5-9-21(17)27-22/h2-15,23H,1H3,(H,28,31)(H,29,30). The monoisotopic (exact) mass is 429 g/mol. The van der Waals surface area contributed by atoms with E-state index in [0.717, 1.165) is 10.9 Å². The summed E-state index contributed by atoms with van der Waals surface area (Å²) in [5.74, 6) is -0.795. The summed E-state index contributed by atoms with van der Waals surface area (Å²) in [4.78, 5) is 30.6. The molecule has 4 aromatic rings. The maximum atomic E-state index is 13.2. The zero-order valence-electron chi connectivity index (χ0n) is 16.8. The smallest absolute Gasteiger partial charge is 0.270 e. The second-order valence-corrected chi connectivity index (χ2v) is 7.59. The number of nitrogens with one attached hydrogen (secondary N) is 2. The molecule has 0 aliphatic heterocycles. The van der Waals surface area contributed by atoms with Crippen LogP contribution in [0.15, 0.2) is 84.9 Å². The number of para-hydroxylation sites is 2. The lowest BCUT2D eigenvalue weighted by atomic mass is 10.1. The molecule has 0 saturated heterocycles. The number of rotatable bonds is 5. The molecule has 1 heterocycles. The SMILES string of the molecule is Cc1ccccc1NC(=O)C(NC(=O)c1ccc2ccccc2n1)c1ccc(Cl)cc1. The summed E-state index contributed by atoms with van der Waals surface area (Å²) >= 11 is 6.01. The number of fused-ring (bicyclic) bond motifs is 1. The number of hydrogen-bond acceptors (Lipinski definition) is 3. The van der Waals surface area contributed by atoms with Gasteiger partial charge >= 0.3 is 0 Å². The molecule has 0 aliphatic carbocycles. The Morgan fingerprint density at radius 1 is 0.871 bits per heavy atom. The molecule has 5 nitrogen and oxygen atoms in total. The Bertz CT molecular complexity index is 1260. The number of aryl methyl sites for hydroxylation is 1. The third-order valence-corrected chi connectivity index (χ3v) is 5.23. The van der Waals surface area contributed by atoms with Crippen LogP contribution < -0.4 is 10.6 Å². The minimum Gasteiger partial charge on any atom is -0.335 e. The highest BCUT2D eigenvalue weighted by Gasteiger charge is 2.24. The first-order chi connectivity index (χ1) is 15.0. The van der Waals surface area contributed by atoms with Crippen molar-refractivity contribution in [2.75, 3.05) is 5.32 Å². The van der Waals surface area contributed by atoms with E-state index in [4.69, 9.17) is 11.6 Å². The molecule has 1 atom stereocenters. The zero-order chi connectivity index (χ0) is 21.8. The van der Waals surface area contributed by atoms with E-state index in [1.54, 1.807) is 30.3 Å². The molecule has 154 valence electrons. The first-order valence-corrected chi connectivity index (χ1v) is 10.2. The molecule has 2 amide bonds. The van der Waals surface area contributed by atoms with E-state index in [-0.39, 0.29) is 11.6 Å². The molecule has 0 saturated carbocycles. The number of anilines is 1. The highest BCUT2D eigenvalue weighted by atomic mass is 35.5. The van der Waals surface area contributed by atoms with Gasteiger partial charge in [-0.15, -0.1) is 0 Å². The Kier molecular flexibility index (Phi) is 5.96. The van der Waals surface area contributed by atoms with E-state index in [1.165, 1.54) is 0 Å². The minimum absolute atomic E-state index is 0.237. The third kappa shape index (κ3) is 4.73. The van der Waals surface area contributed by atoms with E-state index in [2.05, 4.69) is 15.6 Å². The lowest BCUT2D eigenvalue weighted by molar-refractivity contribution is -0.118. The van der Waals surface area contributed by atoms with Crippen molar-refractivity contribution in [1.29, 1.82) is 0 Å². The van der Waals surface area contributed by atoms with Gasteiger partial charge in [0.25, 0.3) is 11.8 Å². The molecule has 0 aliphatic rings. The Hall–Kier alpha value is -3.70. The number of pyridine rings is 1. The molecule has 1 aromatic heterocycles. The topological polar surface area (TPSA) is 71.1 Å². The summed E-state index contributed by atoms with van der Waals surface area (Å²) in [6.45, 7) is 1.91. The second-order valence-electron chi connectivity index (χ2n) is 7.15. The summed E-state index contributed by atoms with van der Waals surface area (Å²) in [5.41, 5.74) is 3.17. The van der Waals surface area contributed by atoms with E-state index in [1.807, 2.05) is 61.5 Å². The van der Waals surface area contributed by atoms with Crippen LogP contribution in [0.2, 0.25) is 5.02 Å². The fraction of sp³-hybridized carbons (Fsp3) is 0.0800. The van der Waals surface area contributed by atoms with Gasteiger partial charge in [0.15, 0.2) is 0 Å². The maximum Gasteiger partial charge on any atom is 0.270 e. The molecule has 31 heavy (non-hydrogen) atoms. The van der Waals surface area contributed by atoms with Gasteiger partial charge in [-0.25, -0.2) is 4.98 Å². The molecule has 6 heteroatoms. The molecule has 0 fully saturated rings. The van der Waals surface area contributed by atoms with E-state index >= 15 is 0 Å². The van der Waals surface area contributed by atoms with Crippen molar-refractivity contribution >= 4 is 40.0 Å². The molecule has 3 aromatic carbocycles. The van der Waals surface area contributed by atoms with Crippen molar-refractivity contribution in [3.63, 3.8) is 0 Å². The lowest BCUT2D eigenvalue weighted by Crippen LogP contribution is -2.37. The minimum atomic E-state index is -0.919. The number of benzene rings is 3. The van der Waals surface area contributed by atoms with Crippen molar-refractivity contribution in [3.05, 3.63) is 107 Å². The van der Waals surface area contributed by atoms with Crippen LogP contribution in [0.3, 0.4) is 0 Å². The fourth-order valence-electron chi connectivity index (χ4n) is 3.27. The van der Waals surface area contributed by atoms with Crippen LogP contribution in [0.4, 0.5) is 5.69 Å². The number of halogens is 1. The van der Waals surface area contributed by atoms with Crippen molar-refractivity contribution in [2.24, 2.45) is 0 Å². The van der Waals surface area contributed by atoms with Gasteiger partial charge in [-0.2, -0.15) is 0 Å². The van der Waals surface area contributed by atoms with Gasteiger partial charge in [-0.05, 0) is 48.4 Å². The van der Waals surface area contributed by atoms with Crippen LogP contribution in [0.25, 0.3) is 10.9 Å². The van der Waals surface area contributed by atoms with Gasteiger partial charge in [-0.1, -0.05) is 66.2 Å². The maximum absolute atomic E-state index is 13.2. The molecule has 0 radical (unpaired) electrons. The highest BCUT2D eigenvalue weighted by Crippen LogP contribution is 2.21. The predicted octanol–water partition coefficient (Wildman–Crippen LogP) is 5.31. The van der Waals surface area contributed by atoms with Gasteiger partial charge in [0.05, 0.1) is 5.52 Å². The molecule has 2 N–H and O–H groups in total. The molecule has 1 unspecified atom stereocenters. The van der Waals surface area contributed by atoms with Crippen molar-refractivity contribution < 1.29 is 9.59 Å². The third-order valence-electron chi connectivity index (χ3n) is 4.97. The van der Waals surface area contributed by atoms with Gasteiger partial charge in [0, 0.05) is 16.1 Å². The molecule has 4 rings (SSSR count). The van der Waals surface area contributed by atoms with Crippen LogP contribution >= 0.6 is 11.6 Å². The lowest BCUT2D eigenvalue weighted by Gasteiger charge is -2.20. The highest BCUT2D eigenvalue weighted by molar-refractivity contribution is 6.30. The first-order valence-electron chi connectivity index (χ1n) is 9.80. The quantitative estimate of drug-likeness (QED) is 0.451. The Morgan fingerprint density at radius 3 is 2.35 bits per heavy atom. The first kappa shape index (κ1) is 20.6. The Morgan fingerprint density at radius 2 is 1.58 bits per heavy atom. The summed E-state index contributed by atoms with van der Waals surface area (Å²) < 4.78 is 0. The number of aromatic nitrogens is 1. The second kappa shape index (κ2) is 8.98. The Balaban J connectivity index is 1.63. The zero-order valence-corrected chi connectivity index (χ0v) is 17.6. The summed E-state index contributed by atoms with van der Waals surface area (Å²) in [6, 6.07) is 24.4. The van der Waals surface area contributed by atoms with Gasteiger partial charge in [0.2, 0.25) is 0 Å². The number of nitrogens with zero attached hydrogens (tertiary/aromatic N) is 1. The van der Waals surface area contributed by atoms with E-state index in [0.29, 0.717) is 21.8 Å². The van der Waals surface area contributed by atoms with Gasteiger partial charge in [0.1, 0.15) is 11.7 Å². The predicted molar refractivity (Wildman–Crippen MR) is 123 cm³/mol. The van der Waals surface area contributed by atoms with Crippen LogP contribution in [0.1, 0.15) is 27.7 Å². The molecule has 0 bridgehead atoms. The Labute approximate surface area is 185 Å². The number of carbonyl (C=O) groups is 2. The number of carbonyl (C=O) groups excluding carboxylic acids is 2. The van der Waals surface area contributed by atoms with Gasteiger partial charge in [-0.3, -0.25) is 9.59 Å².